The van der Waals surface area contributed by atoms with Crippen molar-refractivity contribution in [1.82, 2.24) is 0 Å². The fourth-order valence-electron chi connectivity index (χ4n) is 1.49. The van der Waals surface area contributed by atoms with E-state index in [-0.39, 0.29) is 5.82 Å². The van der Waals surface area contributed by atoms with Crippen LogP contribution in [-0.4, -0.2) is 0 Å². The van der Waals surface area contributed by atoms with Gasteiger partial charge in [-0.15, -0.1) is 0 Å². The van der Waals surface area contributed by atoms with Crippen LogP contribution in [0.3, 0.4) is 0 Å². The highest BCUT2D eigenvalue weighted by Crippen LogP contribution is 2.16. The Morgan fingerprint density at radius 2 is 1.92 bits per heavy atom. The summed E-state index contributed by atoms with van der Waals surface area (Å²) in [5.74, 6) is -0.165. The van der Waals surface area contributed by atoms with Gasteiger partial charge in [-0.3, -0.25) is 0 Å². The van der Waals surface area contributed by atoms with E-state index in [1.165, 1.54) is 23.3 Å². The minimum atomic E-state index is -0.165. The van der Waals surface area contributed by atoms with Gasteiger partial charge in [-0.2, -0.15) is 0 Å². The summed E-state index contributed by atoms with van der Waals surface area (Å²) in [6.45, 7) is 0. The van der Waals surface area contributed by atoms with Crippen molar-refractivity contribution in [2.45, 2.75) is 12.8 Å². The lowest BCUT2D eigenvalue weighted by molar-refractivity contribution is 0.627. The summed E-state index contributed by atoms with van der Waals surface area (Å²) in [5.41, 5.74) is 2.57. The molecule has 0 fully saturated rings. The quantitative estimate of drug-likeness (QED) is 0.645. The van der Waals surface area contributed by atoms with E-state index in [2.05, 4.69) is 18.2 Å². The predicted octanol–water partition coefficient (Wildman–Crippen LogP) is 3.25. The van der Waals surface area contributed by atoms with Gasteiger partial charge in [0.15, 0.2) is 0 Å². The summed E-state index contributed by atoms with van der Waals surface area (Å²) in [7, 11) is 0. The molecule has 1 aliphatic rings. The molecule has 0 saturated carbocycles. The Bertz CT molecular complexity index is 344. The van der Waals surface area contributed by atoms with E-state index in [0.717, 1.165) is 12.8 Å². The third kappa shape index (κ3) is 2.05. The Morgan fingerprint density at radius 1 is 1.15 bits per heavy atom. The molecule has 0 unspecified atom stereocenters. The lowest BCUT2D eigenvalue weighted by Crippen LogP contribution is -1.87. The molecule has 66 valence electrons. The van der Waals surface area contributed by atoms with Crippen LogP contribution in [0.15, 0.2) is 48.1 Å². The van der Waals surface area contributed by atoms with E-state index < -0.39 is 0 Å². The highest BCUT2D eigenvalue weighted by atomic mass is 19.1. The number of allylic oxidation sites excluding steroid dienone is 4. The Hall–Kier alpha value is -1.37. The van der Waals surface area contributed by atoms with Crippen LogP contribution < -0.4 is 0 Å². The first-order valence-corrected chi connectivity index (χ1v) is 4.43. The molecule has 0 N–H and O–H groups in total. The van der Waals surface area contributed by atoms with Crippen LogP contribution in [0.25, 0.3) is 0 Å². The Labute approximate surface area is 77.4 Å². The zero-order valence-corrected chi connectivity index (χ0v) is 7.33. The van der Waals surface area contributed by atoms with Crippen molar-refractivity contribution in [2.24, 2.45) is 0 Å². The summed E-state index contributed by atoms with van der Waals surface area (Å²) in [4.78, 5) is 0. The third-order valence-electron chi connectivity index (χ3n) is 2.19. The average molecular weight is 174 g/mol. The van der Waals surface area contributed by atoms with Crippen molar-refractivity contribution in [3.63, 3.8) is 0 Å². The molecule has 0 aliphatic heterocycles. The summed E-state index contributed by atoms with van der Waals surface area (Å²) in [5, 5.41) is 0. The molecule has 13 heavy (non-hydrogen) atoms. The lowest BCUT2D eigenvalue weighted by Gasteiger charge is -2.01. The second-order valence-corrected chi connectivity index (χ2v) is 3.26. The normalized spacial score (nSPS) is 14.7. The number of benzene rings is 1. The molecule has 0 atom stereocenters. The van der Waals surface area contributed by atoms with Gasteiger partial charge in [-0.25, -0.2) is 4.39 Å². The number of rotatable bonds is 2. The third-order valence-corrected chi connectivity index (χ3v) is 2.19. The standard InChI is InChI=1S/C12H11F/c13-12-7-5-11(6-8-12)9-10-3-1-2-4-10/h1-3,5-8H,4,9H2. The van der Waals surface area contributed by atoms with E-state index in [0.29, 0.717) is 0 Å². The molecule has 1 heteroatoms. The minimum absolute atomic E-state index is 0.165. The van der Waals surface area contributed by atoms with Gasteiger partial charge in [0.1, 0.15) is 5.82 Å². The van der Waals surface area contributed by atoms with E-state index in [4.69, 9.17) is 0 Å². The van der Waals surface area contributed by atoms with E-state index in [1.54, 1.807) is 0 Å². The Morgan fingerprint density at radius 3 is 2.54 bits per heavy atom. The number of hydrogen-bond acceptors (Lipinski definition) is 0. The maximum Gasteiger partial charge on any atom is 0.123 e. The van der Waals surface area contributed by atoms with Crippen molar-refractivity contribution in [1.29, 1.82) is 0 Å². The fourth-order valence-corrected chi connectivity index (χ4v) is 1.49. The summed E-state index contributed by atoms with van der Waals surface area (Å²) in [6.07, 6.45) is 8.31. The molecule has 0 saturated heterocycles. The maximum absolute atomic E-state index is 12.6. The molecule has 1 aromatic carbocycles. The van der Waals surface area contributed by atoms with Crippen LogP contribution in [0.5, 0.6) is 0 Å². The second kappa shape index (κ2) is 3.56. The molecule has 1 aromatic rings. The van der Waals surface area contributed by atoms with Gasteiger partial charge in [0.05, 0.1) is 0 Å². The SMILES string of the molecule is Fc1ccc(CC2=CC=CC2)cc1. The second-order valence-electron chi connectivity index (χ2n) is 3.26. The molecule has 0 radical (unpaired) electrons. The molecular weight excluding hydrogens is 163 g/mol. The van der Waals surface area contributed by atoms with Crippen LogP contribution in [0.4, 0.5) is 4.39 Å². The van der Waals surface area contributed by atoms with Crippen LogP contribution in [0, 0.1) is 5.82 Å². The van der Waals surface area contributed by atoms with Crippen molar-refractivity contribution in [3.8, 4) is 0 Å². The molecule has 2 rings (SSSR count). The van der Waals surface area contributed by atoms with Gasteiger partial charge in [0, 0.05) is 0 Å². The largest absolute Gasteiger partial charge is 0.207 e. The highest BCUT2D eigenvalue weighted by Gasteiger charge is 2.00. The van der Waals surface area contributed by atoms with Crippen molar-refractivity contribution in [2.75, 3.05) is 0 Å². The van der Waals surface area contributed by atoms with Crippen LogP contribution in [-0.2, 0) is 6.42 Å². The van der Waals surface area contributed by atoms with Crippen LogP contribution >= 0.6 is 0 Å². The predicted molar refractivity (Wildman–Crippen MR) is 51.9 cm³/mol. The molecule has 0 bridgehead atoms. The zero-order valence-electron chi connectivity index (χ0n) is 7.33. The molecule has 0 spiro atoms. The molecule has 0 amide bonds. The summed E-state index contributed by atoms with van der Waals surface area (Å²) >= 11 is 0. The van der Waals surface area contributed by atoms with Gasteiger partial charge in [0.25, 0.3) is 0 Å². The van der Waals surface area contributed by atoms with Gasteiger partial charge >= 0.3 is 0 Å². The van der Waals surface area contributed by atoms with Gasteiger partial charge in [-0.1, -0.05) is 35.9 Å². The molecule has 0 heterocycles. The molecular formula is C12H11F. The van der Waals surface area contributed by atoms with Gasteiger partial charge < -0.3 is 0 Å². The molecule has 0 nitrogen and oxygen atoms in total. The van der Waals surface area contributed by atoms with E-state index in [1.807, 2.05) is 12.1 Å². The van der Waals surface area contributed by atoms with Crippen molar-refractivity contribution < 1.29 is 4.39 Å². The van der Waals surface area contributed by atoms with Gasteiger partial charge in [-0.05, 0) is 30.5 Å². The topological polar surface area (TPSA) is 0 Å². The Balaban J connectivity index is 2.06. The number of hydrogen-bond donors (Lipinski definition) is 0. The first-order valence-electron chi connectivity index (χ1n) is 4.43. The minimum Gasteiger partial charge on any atom is -0.207 e. The summed E-state index contributed by atoms with van der Waals surface area (Å²) in [6, 6.07) is 6.71. The zero-order chi connectivity index (χ0) is 9.10. The summed E-state index contributed by atoms with van der Waals surface area (Å²) < 4.78 is 12.6. The fraction of sp³-hybridized carbons (Fsp3) is 0.167. The van der Waals surface area contributed by atoms with E-state index in [9.17, 15) is 4.39 Å². The lowest BCUT2D eigenvalue weighted by atomic mass is 10.0. The van der Waals surface area contributed by atoms with Crippen LogP contribution in [0.1, 0.15) is 12.0 Å². The average Bonchev–Trinajstić information content (AvgIpc) is 2.62. The van der Waals surface area contributed by atoms with Crippen LogP contribution in [0.2, 0.25) is 0 Å². The first kappa shape index (κ1) is 8.24. The van der Waals surface area contributed by atoms with E-state index >= 15 is 0 Å². The monoisotopic (exact) mass is 174 g/mol. The molecule has 1 aliphatic carbocycles. The first-order chi connectivity index (χ1) is 6.34. The maximum atomic E-state index is 12.6. The molecule has 0 aromatic heterocycles. The highest BCUT2D eigenvalue weighted by molar-refractivity contribution is 5.29. The smallest absolute Gasteiger partial charge is 0.123 e. The van der Waals surface area contributed by atoms with Gasteiger partial charge in [0.2, 0.25) is 0 Å². The van der Waals surface area contributed by atoms with Crippen molar-refractivity contribution in [3.05, 3.63) is 59.4 Å². The van der Waals surface area contributed by atoms with Crippen molar-refractivity contribution >= 4 is 0 Å². The Kier molecular flexibility index (Phi) is 2.26. The number of halogens is 1.